The van der Waals surface area contributed by atoms with Gasteiger partial charge in [0.1, 0.15) is 0 Å². The zero-order valence-electron chi connectivity index (χ0n) is 21.5. The highest BCUT2D eigenvalue weighted by Crippen LogP contribution is 2.48. The molecule has 9 nitrogen and oxygen atoms in total. The van der Waals surface area contributed by atoms with Gasteiger partial charge in [0, 0.05) is 25.3 Å². The normalized spacial score (nSPS) is 16.9. The second-order valence-electron chi connectivity index (χ2n) is 9.40. The van der Waals surface area contributed by atoms with E-state index in [0.717, 1.165) is 57.7 Å². The van der Waals surface area contributed by atoms with Crippen LogP contribution in [0.3, 0.4) is 0 Å². The lowest BCUT2D eigenvalue weighted by atomic mass is 9.95. The Labute approximate surface area is 225 Å². The molecule has 0 aromatic heterocycles. The maximum Gasteiger partial charge on any atom is 0.490 e. The summed E-state index contributed by atoms with van der Waals surface area (Å²) in [6.07, 6.45) is -2.53. The van der Waals surface area contributed by atoms with Crippen molar-refractivity contribution in [2.75, 3.05) is 44.1 Å². The summed E-state index contributed by atoms with van der Waals surface area (Å²) >= 11 is 0. The van der Waals surface area contributed by atoms with Crippen molar-refractivity contribution in [1.29, 1.82) is 0 Å². The number of carboxylic acid groups (broad SMARTS) is 1. The monoisotopic (exact) mass is 571 g/mol. The Morgan fingerprint density at radius 3 is 2.18 bits per heavy atom. The average Bonchev–Trinajstić information content (AvgIpc) is 3.69. The van der Waals surface area contributed by atoms with Crippen LogP contribution in [0.4, 0.5) is 18.9 Å². The molecule has 214 valence electrons. The first-order valence-electron chi connectivity index (χ1n) is 12.4. The summed E-state index contributed by atoms with van der Waals surface area (Å²) in [4.78, 5) is 24.4. The number of carbonyl (C=O) groups excluding carboxylic acids is 1. The SMILES string of the molecule is Cc1ccccc1S(=O)(=O)Nc1ccc(C2(C(=O)NCCCN3CCOCC3)CC2)cc1.O=C(O)C(F)(F)F. The van der Waals surface area contributed by atoms with Crippen molar-refractivity contribution in [3.8, 4) is 0 Å². The molecule has 0 unspecified atom stereocenters. The number of halogens is 3. The van der Waals surface area contributed by atoms with Crippen LogP contribution in [0.5, 0.6) is 0 Å². The van der Waals surface area contributed by atoms with E-state index in [1.165, 1.54) is 0 Å². The minimum Gasteiger partial charge on any atom is -0.475 e. The third kappa shape index (κ3) is 8.41. The van der Waals surface area contributed by atoms with Gasteiger partial charge < -0.3 is 15.2 Å². The van der Waals surface area contributed by atoms with E-state index in [1.807, 2.05) is 18.2 Å². The molecule has 1 saturated carbocycles. The van der Waals surface area contributed by atoms with Crippen molar-refractivity contribution >= 4 is 27.6 Å². The molecular weight excluding hydrogens is 539 g/mol. The first-order valence-corrected chi connectivity index (χ1v) is 13.9. The van der Waals surface area contributed by atoms with E-state index in [2.05, 4.69) is 14.9 Å². The molecule has 39 heavy (non-hydrogen) atoms. The van der Waals surface area contributed by atoms with Gasteiger partial charge in [0.15, 0.2) is 0 Å². The minimum atomic E-state index is -5.08. The Morgan fingerprint density at radius 2 is 1.64 bits per heavy atom. The standard InChI is InChI=1S/C24H31N3O4S.C2HF3O2/c1-19-5-2-3-6-22(19)32(29,30)26-21-9-7-20(8-10-21)24(11-12-24)23(28)25-13-4-14-27-15-17-31-18-16-27;3-2(4,5)1(6)7/h2-3,5-10,26H,4,11-18H2,1H3,(H,25,28);(H,6,7). The Bertz CT molecular complexity index is 1240. The van der Waals surface area contributed by atoms with Crippen molar-refractivity contribution in [1.82, 2.24) is 10.2 Å². The minimum absolute atomic E-state index is 0.0627. The van der Waals surface area contributed by atoms with Gasteiger partial charge in [-0.15, -0.1) is 0 Å². The molecule has 2 aliphatic rings. The molecule has 2 aromatic carbocycles. The lowest BCUT2D eigenvalue weighted by Crippen LogP contribution is -2.39. The van der Waals surface area contributed by atoms with Gasteiger partial charge in [-0.1, -0.05) is 30.3 Å². The van der Waals surface area contributed by atoms with Gasteiger partial charge in [-0.05, 0) is 62.1 Å². The number of nitrogens with zero attached hydrogens (tertiary/aromatic N) is 1. The van der Waals surface area contributed by atoms with Crippen LogP contribution in [0, 0.1) is 6.92 Å². The van der Waals surface area contributed by atoms with Crippen molar-refractivity contribution in [3.63, 3.8) is 0 Å². The van der Waals surface area contributed by atoms with Crippen LogP contribution in [0.25, 0.3) is 0 Å². The van der Waals surface area contributed by atoms with Crippen molar-refractivity contribution < 1.29 is 41.0 Å². The number of carbonyl (C=O) groups is 2. The van der Waals surface area contributed by atoms with Gasteiger partial charge in [0.25, 0.3) is 10.0 Å². The number of rotatable bonds is 9. The molecular formula is C26H32F3N3O6S. The number of hydrogen-bond acceptors (Lipinski definition) is 6. The van der Waals surface area contributed by atoms with Gasteiger partial charge in [0.2, 0.25) is 5.91 Å². The molecule has 13 heteroatoms. The fourth-order valence-electron chi connectivity index (χ4n) is 4.20. The van der Waals surface area contributed by atoms with Crippen LogP contribution in [0.15, 0.2) is 53.4 Å². The molecule has 1 aliphatic heterocycles. The van der Waals surface area contributed by atoms with E-state index in [1.54, 1.807) is 37.3 Å². The van der Waals surface area contributed by atoms with E-state index >= 15 is 0 Å². The smallest absolute Gasteiger partial charge is 0.475 e. The number of nitrogens with one attached hydrogen (secondary N) is 2. The van der Waals surface area contributed by atoms with Gasteiger partial charge in [0.05, 0.1) is 23.5 Å². The van der Waals surface area contributed by atoms with Crippen molar-refractivity contribution in [2.45, 2.75) is 42.7 Å². The number of amides is 1. The summed E-state index contributed by atoms with van der Waals surface area (Å²) in [5, 5.41) is 10.2. The summed E-state index contributed by atoms with van der Waals surface area (Å²) in [5.74, 6) is -2.69. The predicted molar refractivity (Wildman–Crippen MR) is 138 cm³/mol. The highest BCUT2D eigenvalue weighted by atomic mass is 32.2. The molecule has 1 amide bonds. The van der Waals surface area contributed by atoms with Crippen LogP contribution in [-0.2, 0) is 29.8 Å². The fraction of sp³-hybridized carbons (Fsp3) is 0.462. The number of benzene rings is 2. The average molecular weight is 572 g/mol. The zero-order chi connectivity index (χ0) is 28.7. The van der Waals surface area contributed by atoms with Crippen LogP contribution < -0.4 is 10.0 Å². The lowest BCUT2D eigenvalue weighted by molar-refractivity contribution is -0.192. The summed E-state index contributed by atoms with van der Waals surface area (Å²) in [6.45, 7) is 6.88. The van der Waals surface area contributed by atoms with Crippen LogP contribution >= 0.6 is 0 Å². The molecule has 2 aromatic rings. The van der Waals surface area contributed by atoms with Crippen LogP contribution in [0.2, 0.25) is 0 Å². The summed E-state index contributed by atoms with van der Waals surface area (Å²) < 4.78 is 65.1. The first kappa shape index (κ1) is 30.4. The molecule has 4 rings (SSSR count). The third-order valence-corrected chi connectivity index (χ3v) is 8.08. The van der Waals surface area contributed by atoms with Gasteiger partial charge in [-0.3, -0.25) is 14.4 Å². The molecule has 1 saturated heterocycles. The van der Waals surface area contributed by atoms with E-state index < -0.39 is 27.6 Å². The lowest BCUT2D eigenvalue weighted by Gasteiger charge is -2.26. The van der Waals surface area contributed by atoms with E-state index in [-0.39, 0.29) is 10.8 Å². The molecule has 0 atom stereocenters. The summed E-state index contributed by atoms with van der Waals surface area (Å²) in [7, 11) is -3.66. The van der Waals surface area contributed by atoms with Crippen molar-refractivity contribution in [3.05, 3.63) is 59.7 Å². The molecule has 0 radical (unpaired) electrons. The maximum absolute atomic E-state index is 12.9. The zero-order valence-corrected chi connectivity index (χ0v) is 22.3. The Kier molecular flexibility index (Phi) is 9.97. The molecule has 1 heterocycles. The molecule has 3 N–H and O–H groups in total. The number of sulfonamides is 1. The van der Waals surface area contributed by atoms with Gasteiger partial charge in [-0.2, -0.15) is 13.2 Å². The van der Waals surface area contributed by atoms with E-state index in [9.17, 15) is 26.4 Å². The van der Waals surface area contributed by atoms with E-state index in [0.29, 0.717) is 17.8 Å². The Hall–Kier alpha value is -3.16. The number of alkyl halides is 3. The van der Waals surface area contributed by atoms with E-state index in [4.69, 9.17) is 14.6 Å². The van der Waals surface area contributed by atoms with Crippen LogP contribution in [0.1, 0.15) is 30.4 Å². The Balaban J connectivity index is 0.000000532. The van der Waals surface area contributed by atoms with Crippen LogP contribution in [-0.4, -0.2) is 75.9 Å². The number of anilines is 1. The number of aryl methyl sites for hydroxylation is 1. The predicted octanol–water partition coefficient (Wildman–Crippen LogP) is 3.30. The van der Waals surface area contributed by atoms with Gasteiger partial charge >= 0.3 is 12.1 Å². The molecule has 1 aliphatic carbocycles. The number of carboxylic acids is 1. The number of aliphatic carboxylic acids is 1. The molecule has 2 fully saturated rings. The summed E-state index contributed by atoms with van der Waals surface area (Å²) in [6, 6.07) is 14.1. The highest BCUT2D eigenvalue weighted by molar-refractivity contribution is 7.92. The highest BCUT2D eigenvalue weighted by Gasteiger charge is 2.51. The van der Waals surface area contributed by atoms with Crippen molar-refractivity contribution in [2.24, 2.45) is 0 Å². The number of hydrogen-bond donors (Lipinski definition) is 3. The van der Waals surface area contributed by atoms with Gasteiger partial charge in [-0.25, -0.2) is 13.2 Å². The number of morpholine rings is 1. The topological polar surface area (TPSA) is 125 Å². The molecule has 0 bridgehead atoms. The fourth-order valence-corrected chi connectivity index (χ4v) is 5.50. The second-order valence-corrected chi connectivity index (χ2v) is 11.0. The quantitative estimate of drug-likeness (QED) is 0.395. The summed E-state index contributed by atoms with van der Waals surface area (Å²) in [5.41, 5.74) is 1.63. The second kappa shape index (κ2) is 12.8. The maximum atomic E-state index is 12.9. The first-order chi connectivity index (χ1) is 18.3. The third-order valence-electron chi connectivity index (χ3n) is 6.54. The largest absolute Gasteiger partial charge is 0.490 e. The molecule has 0 spiro atoms. The Morgan fingerprint density at radius 1 is 1.05 bits per heavy atom. The number of ether oxygens (including phenoxy) is 1.